The normalized spacial score (nSPS) is 18.4. The van der Waals surface area contributed by atoms with E-state index in [-0.39, 0.29) is 18.0 Å². The molecule has 2 amide bonds. The lowest BCUT2D eigenvalue weighted by molar-refractivity contribution is -0.111. The predicted molar refractivity (Wildman–Crippen MR) is 169 cm³/mol. The number of carbonyl (C=O) groups is 2. The molecule has 1 aromatic heterocycles. The molecule has 3 aliphatic rings. The highest BCUT2D eigenvalue weighted by Gasteiger charge is 2.42. The van der Waals surface area contributed by atoms with Crippen molar-refractivity contribution in [2.75, 3.05) is 61.3 Å². The fraction of sp³-hybridized carbons (Fsp3) is 0.375. The van der Waals surface area contributed by atoms with Gasteiger partial charge in [-0.05, 0) is 76.2 Å². The second kappa shape index (κ2) is 11.9. The first-order valence-electron chi connectivity index (χ1n) is 14.7. The van der Waals surface area contributed by atoms with Crippen molar-refractivity contribution in [2.45, 2.75) is 37.9 Å². The van der Waals surface area contributed by atoms with Crippen molar-refractivity contribution in [3.63, 3.8) is 0 Å². The highest BCUT2D eigenvalue weighted by molar-refractivity contribution is 6.03. The average Bonchev–Trinajstić information content (AvgIpc) is 3.51. The molecule has 4 heterocycles. The van der Waals surface area contributed by atoms with E-state index in [1.807, 2.05) is 41.3 Å². The molecule has 11 nitrogen and oxygen atoms in total. The van der Waals surface area contributed by atoms with Crippen molar-refractivity contribution in [3.8, 4) is 5.75 Å². The van der Waals surface area contributed by atoms with Gasteiger partial charge in [-0.2, -0.15) is 4.98 Å². The Labute approximate surface area is 252 Å². The fourth-order valence-electron chi connectivity index (χ4n) is 6.28. The molecule has 0 saturated carbocycles. The summed E-state index contributed by atoms with van der Waals surface area (Å²) in [5.41, 5.74) is 3.74. The number of ether oxygens (including phenoxy) is 1. The quantitative estimate of drug-likeness (QED) is 0.369. The molecule has 3 aromatic rings. The third-order valence-corrected chi connectivity index (χ3v) is 8.58. The predicted octanol–water partition coefficient (Wildman–Crippen LogP) is 4.60. The van der Waals surface area contributed by atoms with E-state index >= 15 is 0 Å². The number of hydrogen-bond donors (Lipinski definition) is 2. The zero-order valence-corrected chi connectivity index (χ0v) is 24.9. The van der Waals surface area contributed by atoms with E-state index in [0.717, 1.165) is 55.8 Å². The number of methoxy groups -OCH3 is 1. The number of benzene rings is 2. The van der Waals surface area contributed by atoms with E-state index in [1.54, 1.807) is 13.3 Å². The number of rotatable bonds is 8. The number of nitrogens with zero attached hydrogens (tertiary/aromatic N) is 6. The third kappa shape index (κ3) is 5.60. The van der Waals surface area contributed by atoms with Gasteiger partial charge >= 0.3 is 0 Å². The molecule has 2 aromatic carbocycles. The fourth-order valence-corrected chi connectivity index (χ4v) is 6.28. The summed E-state index contributed by atoms with van der Waals surface area (Å²) in [6.45, 7) is 6.20. The minimum Gasteiger partial charge on any atom is -0.494 e. The van der Waals surface area contributed by atoms with Crippen LogP contribution in [-0.2, 0) is 4.79 Å². The molecule has 0 spiro atoms. The first-order chi connectivity index (χ1) is 20.9. The highest BCUT2D eigenvalue weighted by Crippen LogP contribution is 2.41. The molecule has 11 heteroatoms. The Morgan fingerprint density at radius 1 is 1.09 bits per heavy atom. The van der Waals surface area contributed by atoms with Crippen LogP contribution in [0.4, 0.5) is 34.5 Å². The molecule has 224 valence electrons. The summed E-state index contributed by atoms with van der Waals surface area (Å²) in [5.74, 6) is 1.21. The molecule has 6 rings (SSSR count). The summed E-state index contributed by atoms with van der Waals surface area (Å²) in [6.07, 6.45) is 6.58. The van der Waals surface area contributed by atoms with E-state index in [1.165, 1.54) is 6.08 Å². The summed E-state index contributed by atoms with van der Waals surface area (Å²) >= 11 is 0. The van der Waals surface area contributed by atoms with Crippen molar-refractivity contribution >= 4 is 46.3 Å². The van der Waals surface area contributed by atoms with E-state index in [9.17, 15) is 9.59 Å². The monoisotopic (exact) mass is 582 g/mol. The number of piperidine rings is 1. The summed E-state index contributed by atoms with van der Waals surface area (Å²) < 4.78 is 5.77. The molecular weight excluding hydrogens is 544 g/mol. The Balaban J connectivity index is 1.30. The van der Waals surface area contributed by atoms with Crippen LogP contribution in [0.25, 0.3) is 0 Å². The molecule has 3 aliphatic heterocycles. The van der Waals surface area contributed by atoms with Gasteiger partial charge in [-0.1, -0.05) is 12.6 Å². The molecule has 43 heavy (non-hydrogen) atoms. The molecule has 2 saturated heterocycles. The van der Waals surface area contributed by atoms with Gasteiger partial charge in [0.1, 0.15) is 17.5 Å². The van der Waals surface area contributed by atoms with Gasteiger partial charge < -0.3 is 35.0 Å². The SMILES string of the molecule is C=CC(=O)Nc1cccc(N2c3nc(Nc4ccc(N5CCC(N(C)C)CC5)cc4OC)ncc3C(=O)N3CCCC32)c1. The van der Waals surface area contributed by atoms with Crippen LogP contribution in [0.1, 0.15) is 36.0 Å². The molecule has 1 atom stereocenters. The Bertz CT molecular complexity index is 1530. The minimum absolute atomic E-state index is 0.0728. The maximum Gasteiger partial charge on any atom is 0.260 e. The van der Waals surface area contributed by atoms with Gasteiger partial charge in [-0.25, -0.2) is 4.98 Å². The minimum atomic E-state index is -0.291. The highest BCUT2D eigenvalue weighted by atomic mass is 16.5. The topological polar surface area (TPSA) is 106 Å². The van der Waals surface area contributed by atoms with Crippen molar-refractivity contribution in [1.29, 1.82) is 0 Å². The van der Waals surface area contributed by atoms with Gasteiger partial charge in [0, 0.05) is 55.0 Å². The second-order valence-electron chi connectivity index (χ2n) is 11.4. The number of amides is 2. The zero-order valence-electron chi connectivity index (χ0n) is 24.9. The van der Waals surface area contributed by atoms with Gasteiger partial charge in [0.25, 0.3) is 5.91 Å². The standard InChI is InChI=1S/C32H38N8O3/c1-5-28(41)34-21-8-6-9-24(18-21)40-29-10-7-15-39(29)31(42)25-20-33-32(36-30(25)40)35-26-12-11-23(19-27(26)43-4)38-16-13-22(14-17-38)37(2)3/h5-6,8-9,11-12,18-20,22,29H,1,7,10,13-17H2,2-4H3,(H,34,41)(H,33,35,36). The van der Waals surface area contributed by atoms with Gasteiger partial charge in [0.2, 0.25) is 11.9 Å². The summed E-state index contributed by atoms with van der Waals surface area (Å²) in [5, 5.41) is 6.15. The van der Waals surface area contributed by atoms with Crippen LogP contribution in [-0.4, -0.2) is 84.6 Å². The smallest absolute Gasteiger partial charge is 0.260 e. The lowest BCUT2D eigenvalue weighted by Gasteiger charge is -2.41. The zero-order chi connectivity index (χ0) is 30.1. The van der Waals surface area contributed by atoms with Crippen LogP contribution in [0.2, 0.25) is 0 Å². The van der Waals surface area contributed by atoms with Crippen molar-refractivity contribution in [3.05, 3.63) is 66.9 Å². The van der Waals surface area contributed by atoms with E-state index in [0.29, 0.717) is 41.4 Å². The van der Waals surface area contributed by atoms with Crippen molar-refractivity contribution in [2.24, 2.45) is 0 Å². The second-order valence-corrected chi connectivity index (χ2v) is 11.4. The maximum atomic E-state index is 13.4. The van der Waals surface area contributed by atoms with Crippen LogP contribution in [0.3, 0.4) is 0 Å². The Kier molecular flexibility index (Phi) is 7.90. The number of carbonyl (C=O) groups excluding carboxylic acids is 2. The average molecular weight is 583 g/mol. The molecular formula is C32H38N8O3. The molecule has 0 radical (unpaired) electrons. The Morgan fingerprint density at radius 2 is 1.91 bits per heavy atom. The van der Waals surface area contributed by atoms with Crippen LogP contribution in [0, 0.1) is 0 Å². The Hall–Kier alpha value is -4.64. The van der Waals surface area contributed by atoms with Crippen LogP contribution < -0.4 is 25.2 Å². The van der Waals surface area contributed by atoms with Gasteiger partial charge in [0.05, 0.1) is 12.8 Å². The molecule has 2 fully saturated rings. The van der Waals surface area contributed by atoms with Crippen LogP contribution in [0.5, 0.6) is 5.75 Å². The van der Waals surface area contributed by atoms with Gasteiger partial charge in [0.15, 0.2) is 5.82 Å². The first-order valence-corrected chi connectivity index (χ1v) is 14.7. The van der Waals surface area contributed by atoms with Crippen molar-refractivity contribution < 1.29 is 14.3 Å². The lowest BCUT2D eigenvalue weighted by Crippen LogP contribution is -2.50. The summed E-state index contributed by atoms with van der Waals surface area (Å²) in [4.78, 5) is 43.5. The number of anilines is 6. The molecule has 0 bridgehead atoms. The van der Waals surface area contributed by atoms with Gasteiger partial charge in [-0.3, -0.25) is 9.59 Å². The number of aromatic nitrogens is 2. The third-order valence-electron chi connectivity index (χ3n) is 8.58. The number of nitrogens with one attached hydrogen (secondary N) is 2. The van der Waals surface area contributed by atoms with Crippen LogP contribution in [0.15, 0.2) is 61.3 Å². The van der Waals surface area contributed by atoms with Crippen molar-refractivity contribution in [1.82, 2.24) is 19.8 Å². The Morgan fingerprint density at radius 3 is 2.65 bits per heavy atom. The summed E-state index contributed by atoms with van der Waals surface area (Å²) in [6, 6.07) is 14.3. The lowest BCUT2D eigenvalue weighted by atomic mass is 10.0. The van der Waals surface area contributed by atoms with E-state index < -0.39 is 0 Å². The molecule has 1 unspecified atom stereocenters. The number of hydrogen-bond acceptors (Lipinski definition) is 9. The first kappa shape index (κ1) is 28.5. The molecule has 2 N–H and O–H groups in total. The van der Waals surface area contributed by atoms with E-state index in [2.05, 4.69) is 57.1 Å². The van der Waals surface area contributed by atoms with Crippen LogP contribution >= 0.6 is 0 Å². The van der Waals surface area contributed by atoms with E-state index in [4.69, 9.17) is 9.72 Å². The van der Waals surface area contributed by atoms with Gasteiger partial charge in [-0.15, -0.1) is 0 Å². The molecule has 0 aliphatic carbocycles. The largest absolute Gasteiger partial charge is 0.494 e. The maximum absolute atomic E-state index is 13.4. The number of fused-ring (bicyclic) bond motifs is 2. The summed E-state index contributed by atoms with van der Waals surface area (Å²) in [7, 11) is 5.95.